The van der Waals surface area contributed by atoms with E-state index in [1.807, 2.05) is 0 Å². The highest BCUT2D eigenvalue weighted by Crippen LogP contribution is 2.33. The van der Waals surface area contributed by atoms with Crippen molar-refractivity contribution in [2.45, 2.75) is 18.8 Å². The van der Waals surface area contributed by atoms with Crippen molar-refractivity contribution in [3.8, 4) is 0 Å². The summed E-state index contributed by atoms with van der Waals surface area (Å²) in [7, 11) is 0. The second-order valence-electron chi connectivity index (χ2n) is 3.09. The van der Waals surface area contributed by atoms with Gasteiger partial charge in [0.05, 0.1) is 0 Å². The predicted octanol–water partition coefficient (Wildman–Crippen LogP) is 2.96. The third kappa shape index (κ3) is 1.16. The van der Waals surface area contributed by atoms with Gasteiger partial charge in [-0.25, -0.2) is 0 Å². The molecule has 0 fully saturated rings. The van der Waals surface area contributed by atoms with Gasteiger partial charge in [-0.2, -0.15) is 0 Å². The monoisotopic (exact) mass is 166 g/mol. The van der Waals surface area contributed by atoms with Crippen LogP contribution in [-0.2, 0) is 6.42 Å². The molecule has 0 amide bonds. The molecule has 58 valence electrons. The smallest absolute Gasteiger partial charge is 0.0292 e. The number of fused-ring (bicyclic) bond motifs is 1. The maximum atomic E-state index is 5.84. The van der Waals surface area contributed by atoms with Crippen molar-refractivity contribution < 1.29 is 0 Å². The molecule has 0 saturated carbocycles. The Balaban J connectivity index is 2.39. The van der Waals surface area contributed by atoms with E-state index in [1.165, 1.54) is 24.0 Å². The van der Waals surface area contributed by atoms with Crippen LogP contribution >= 0.6 is 11.6 Å². The van der Waals surface area contributed by atoms with Gasteiger partial charge < -0.3 is 0 Å². The molecule has 0 unspecified atom stereocenters. The molecular formula is C10H11Cl. The van der Waals surface area contributed by atoms with Crippen molar-refractivity contribution in [2.24, 2.45) is 0 Å². The average molecular weight is 167 g/mol. The zero-order chi connectivity index (χ0) is 7.68. The summed E-state index contributed by atoms with van der Waals surface area (Å²) >= 11 is 5.84. The quantitative estimate of drug-likeness (QED) is 0.563. The highest BCUT2D eigenvalue weighted by Gasteiger charge is 2.20. The summed E-state index contributed by atoms with van der Waals surface area (Å²) in [5.74, 6) is 1.39. The van der Waals surface area contributed by atoms with Crippen molar-refractivity contribution in [3.63, 3.8) is 0 Å². The number of aryl methyl sites for hydroxylation is 1. The SMILES string of the molecule is ClC[C@@H]1CCc2ccccc21. The van der Waals surface area contributed by atoms with Crippen LogP contribution in [0.15, 0.2) is 24.3 Å². The lowest BCUT2D eigenvalue weighted by atomic mass is 10.0. The third-order valence-corrected chi connectivity index (χ3v) is 2.82. The highest BCUT2D eigenvalue weighted by molar-refractivity contribution is 6.18. The Morgan fingerprint density at radius 1 is 1.36 bits per heavy atom. The molecule has 0 heterocycles. The summed E-state index contributed by atoms with van der Waals surface area (Å²) in [6.07, 6.45) is 2.45. The Bertz CT molecular complexity index is 255. The first-order chi connectivity index (χ1) is 5.42. The molecule has 1 aromatic rings. The summed E-state index contributed by atoms with van der Waals surface area (Å²) in [4.78, 5) is 0. The van der Waals surface area contributed by atoms with Crippen LogP contribution in [0.5, 0.6) is 0 Å². The largest absolute Gasteiger partial charge is 0.126 e. The van der Waals surface area contributed by atoms with Crippen molar-refractivity contribution in [1.29, 1.82) is 0 Å². The molecule has 0 saturated heterocycles. The Morgan fingerprint density at radius 2 is 2.18 bits per heavy atom. The van der Waals surface area contributed by atoms with E-state index in [9.17, 15) is 0 Å². The molecule has 0 N–H and O–H groups in total. The summed E-state index contributed by atoms with van der Waals surface area (Å²) in [6.45, 7) is 0. The van der Waals surface area contributed by atoms with Gasteiger partial charge >= 0.3 is 0 Å². The molecule has 1 aromatic carbocycles. The van der Waals surface area contributed by atoms with E-state index in [-0.39, 0.29) is 0 Å². The van der Waals surface area contributed by atoms with Gasteiger partial charge in [-0.05, 0) is 29.9 Å². The minimum atomic E-state index is 0.618. The fourth-order valence-electron chi connectivity index (χ4n) is 1.81. The van der Waals surface area contributed by atoms with Gasteiger partial charge in [0.15, 0.2) is 0 Å². The zero-order valence-electron chi connectivity index (χ0n) is 6.39. The van der Waals surface area contributed by atoms with Gasteiger partial charge in [-0.3, -0.25) is 0 Å². The molecule has 2 rings (SSSR count). The van der Waals surface area contributed by atoms with Crippen LogP contribution < -0.4 is 0 Å². The van der Waals surface area contributed by atoms with Gasteiger partial charge in [0, 0.05) is 5.88 Å². The second kappa shape index (κ2) is 2.86. The van der Waals surface area contributed by atoms with E-state index < -0.39 is 0 Å². The van der Waals surface area contributed by atoms with Crippen LogP contribution in [0.25, 0.3) is 0 Å². The maximum Gasteiger partial charge on any atom is 0.0292 e. The van der Waals surface area contributed by atoms with Crippen LogP contribution in [0.3, 0.4) is 0 Å². The number of halogens is 1. The van der Waals surface area contributed by atoms with Crippen molar-refractivity contribution >= 4 is 11.6 Å². The topological polar surface area (TPSA) is 0 Å². The third-order valence-electron chi connectivity index (χ3n) is 2.44. The number of hydrogen-bond acceptors (Lipinski definition) is 0. The van der Waals surface area contributed by atoms with Crippen molar-refractivity contribution in [2.75, 3.05) is 5.88 Å². The molecule has 0 radical (unpaired) electrons. The standard InChI is InChI=1S/C10H11Cl/c11-7-9-6-5-8-3-1-2-4-10(8)9/h1-4,9H,5-7H2/t9-/m0/s1. The van der Waals surface area contributed by atoms with Crippen LogP contribution in [-0.4, -0.2) is 5.88 Å². The summed E-state index contributed by atoms with van der Waals surface area (Å²) in [5, 5.41) is 0. The first-order valence-electron chi connectivity index (χ1n) is 4.05. The molecule has 0 bridgehead atoms. The normalized spacial score (nSPS) is 21.7. The van der Waals surface area contributed by atoms with Crippen LogP contribution in [0.4, 0.5) is 0 Å². The fraction of sp³-hybridized carbons (Fsp3) is 0.400. The summed E-state index contributed by atoms with van der Waals surface area (Å²) in [6, 6.07) is 8.62. The van der Waals surface area contributed by atoms with Crippen molar-refractivity contribution in [3.05, 3.63) is 35.4 Å². The zero-order valence-corrected chi connectivity index (χ0v) is 7.14. The van der Waals surface area contributed by atoms with E-state index in [1.54, 1.807) is 0 Å². The number of benzene rings is 1. The van der Waals surface area contributed by atoms with Crippen LogP contribution in [0.2, 0.25) is 0 Å². The average Bonchev–Trinajstić information content (AvgIpc) is 2.47. The predicted molar refractivity (Wildman–Crippen MR) is 48.2 cm³/mol. The minimum absolute atomic E-state index is 0.618. The molecule has 1 aliphatic rings. The van der Waals surface area contributed by atoms with E-state index in [2.05, 4.69) is 24.3 Å². The molecule has 0 aromatic heterocycles. The van der Waals surface area contributed by atoms with Crippen LogP contribution in [0, 0.1) is 0 Å². The molecule has 0 spiro atoms. The molecule has 1 aliphatic carbocycles. The Hall–Kier alpha value is -0.490. The lowest BCUT2D eigenvalue weighted by molar-refractivity contribution is 0.754. The van der Waals surface area contributed by atoms with E-state index >= 15 is 0 Å². The number of alkyl halides is 1. The molecule has 1 atom stereocenters. The fourth-order valence-corrected chi connectivity index (χ4v) is 2.13. The van der Waals surface area contributed by atoms with Gasteiger partial charge in [0.1, 0.15) is 0 Å². The maximum absolute atomic E-state index is 5.84. The Kier molecular flexibility index (Phi) is 1.87. The van der Waals surface area contributed by atoms with Gasteiger partial charge in [0.2, 0.25) is 0 Å². The Labute approximate surface area is 72.2 Å². The highest BCUT2D eigenvalue weighted by atomic mass is 35.5. The van der Waals surface area contributed by atoms with Gasteiger partial charge in [0.25, 0.3) is 0 Å². The molecule has 1 heteroatoms. The van der Waals surface area contributed by atoms with E-state index in [4.69, 9.17) is 11.6 Å². The lowest BCUT2D eigenvalue weighted by Gasteiger charge is -2.04. The minimum Gasteiger partial charge on any atom is -0.126 e. The first kappa shape index (κ1) is 7.17. The second-order valence-corrected chi connectivity index (χ2v) is 3.40. The van der Waals surface area contributed by atoms with E-state index in [0.717, 1.165) is 5.88 Å². The number of rotatable bonds is 1. The molecular weight excluding hydrogens is 156 g/mol. The Morgan fingerprint density at radius 3 is 3.00 bits per heavy atom. The number of hydrogen-bond donors (Lipinski definition) is 0. The lowest BCUT2D eigenvalue weighted by Crippen LogP contribution is -1.93. The van der Waals surface area contributed by atoms with Crippen LogP contribution in [0.1, 0.15) is 23.5 Å². The first-order valence-corrected chi connectivity index (χ1v) is 4.59. The summed E-state index contributed by atoms with van der Waals surface area (Å²) in [5.41, 5.74) is 2.97. The van der Waals surface area contributed by atoms with Gasteiger partial charge in [-0.15, -0.1) is 11.6 Å². The van der Waals surface area contributed by atoms with Gasteiger partial charge in [-0.1, -0.05) is 24.3 Å². The summed E-state index contributed by atoms with van der Waals surface area (Å²) < 4.78 is 0. The molecule has 0 nitrogen and oxygen atoms in total. The van der Waals surface area contributed by atoms with E-state index in [0.29, 0.717) is 5.92 Å². The molecule has 0 aliphatic heterocycles. The van der Waals surface area contributed by atoms with Crippen molar-refractivity contribution in [1.82, 2.24) is 0 Å². The molecule has 11 heavy (non-hydrogen) atoms.